The van der Waals surface area contributed by atoms with E-state index in [0.29, 0.717) is 0 Å². The second kappa shape index (κ2) is 4.40. The van der Waals surface area contributed by atoms with Crippen LogP contribution in [-0.2, 0) is 0 Å². The van der Waals surface area contributed by atoms with Crippen molar-refractivity contribution < 1.29 is 5.11 Å². The maximum atomic E-state index is 9.03. The Labute approximate surface area is 131 Å². The van der Waals surface area contributed by atoms with Crippen LogP contribution < -0.4 is 5.22 Å². The number of benzene rings is 3. The van der Waals surface area contributed by atoms with Crippen LogP contribution in [-0.4, -0.2) is 15.1 Å². The number of aliphatic hydroxyl groups is 1. The van der Waals surface area contributed by atoms with Gasteiger partial charge in [0, 0.05) is 26.6 Å². The zero-order valence-corrected chi connectivity index (χ0v) is 12.2. The SMILES string of the molecule is OC=c1ccc(=c2nc3c4cccc5cccc(c-3n2)c54)cc1. The van der Waals surface area contributed by atoms with Crippen LogP contribution in [0.25, 0.3) is 39.2 Å². The smallest absolute Gasteiger partial charge is 0.160 e. The molecule has 1 N–H and O–H groups in total. The minimum Gasteiger partial charge on any atom is -0.515 e. The summed E-state index contributed by atoms with van der Waals surface area (Å²) in [7, 11) is 0. The summed E-state index contributed by atoms with van der Waals surface area (Å²) < 4.78 is 0. The Morgan fingerprint density at radius 3 is 1.91 bits per heavy atom. The maximum Gasteiger partial charge on any atom is 0.160 e. The van der Waals surface area contributed by atoms with Crippen molar-refractivity contribution in [2.75, 3.05) is 0 Å². The van der Waals surface area contributed by atoms with Crippen molar-refractivity contribution >= 4 is 27.8 Å². The minimum absolute atomic E-state index is 0.728. The Hall–Kier alpha value is -3.20. The fourth-order valence-electron chi connectivity index (χ4n) is 3.30. The van der Waals surface area contributed by atoms with E-state index >= 15 is 0 Å². The molecule has 3 heteroatoms. The van der Waals surface area contributed by atoms with Gasteiger partial charge in [0.15, 0.2) is 5.48 Å². The molecular weight excluding hydrogens is 284 g/mol. The maximum absolute atomic E-state index is 9.03. The number of rotatable bonds is 0. The second-order valence-corrected chi connectivity index (χ2v) is 5.70. The molecule has 0 saturated heterocycles. The minimum atomic E-state index is 0.728. The van der Waals surface area contributed by atoms with Crippen LogP contribution >= 0.6 is 0 Å². The first kappa shape index (κ1) is 12.4. The van der Waals surface area contributed by atoms with Crippen LogP contribution in [0.5, 0.6) is 0 Å². The lowest BCUT2D eigenvalue weighted by atomic mass is 10.1. The molecule has 1 heterocycles. The Balaban J connectivity index is 1.97. The number of imidazole rings is 1. The van der Waals surface area contributed by atoms with E-state index in [9.17, 15) is 0 Å². The summed E-state index contributed by atoms with van der Waals surface area (Å²) in [5.74, 6) is 0. The molecule has 1 aliphatic carbocycles. The number of fused-ring (bicyclic) bond motifs is 3. The molecule has 0 fully saturated rings. The normalized spacial score (nSPS) is 11.7. The van der Waals surface area contributed by atoms with Gasteiger partial charge in [-0.25, -0.2) is 9.97 Å². The standard InChI is InChI=1S/C20H12N2O/c23-11-12-7-9-14(10-8-12)20-21-18-15-5-1-3-13-4-2-6-16(17(13)15)19(18)22-20/h1-11,23H. The molecular formula is C20H12N2O. The average Bonchev–Trinajstić information content (AvgIpc) is 3.16. The van der Waals surface area contributed by atoms with Crippen LogP contribution in [0.4, 0.5) is 0 Å². The van der Waals surface area contributed by atoms with Crippen molar-refractivity contribution in [2.45, 2.75) is 0 Å². The van der Waals surface area contributed by atoms with E-state index in [4.69, 9.17) is 15.1 Å². The molecule has 0 bridgehead atoms. The topological polar surface area (TPSA) is 46.0 Å². The molecule has 3 nitrogen and oxygen atoms in total. The number of hydrogen-bond donors (Lipinski definition) is 1. The van der Waals surface area contributed by atoms with Gasteiger partial charge < -0.3 is 5.11 Å². The van der Waals surface area contributed by atoms with Gasteiger partial charge in [0.25, 0.3) is 0 Å². The summed E-state index contributed by atoms with van der Waals surface area (Å²) in [5.41, 5.74) is 2.65. The largest absolute Gasteiger partial charge is 0.515 e. The fraction of sp³-hybridized carbons (Fsp3) is 0. The summed E-state index contributed by atoms with van der Waals surface area (Å²) in [4.78, 5) is 9.55. The van der Waals surface area contributed by atoms with Crippen molar-refractivity contribution in [3.8, 4) is 11.4 Å². The Morgan fingerprint density at radius 2 is 1.35 bits per heavy atom. The Morgan fingerprint density at radius 1 is 0.739 bits per heavy atom. The summed E-state index contributed by atoms with van der Waals surface area (Å²) in [6.07, 6.45) is 1.09. The highest BCUT2D eigenvalue weighted by Crippen LogP contribution is 2.40. The lowest BCUT2D eigenvalue weighted by molar-refractivity contribution is 0.540. The van der Waals surface area contributed by atoms with E-state index in [1.807, 2.05) is 24.3 Å². The Bertz CT molecular complexity index is 1190. The molecule has 1 aliphatic heterocycles. The lowest BCUT2D eigenvalue weighted by Crippen LogP contribution is -1.96. The predicted molar refractivity (Wildman–Crippen MR) is 91.3 cm³/mol. The monoisotopic (exact) mass is 296 g/mol. The highest BCUT2D eigenvalue weighted by atomic mass is 16.2. The van der Waals surface area contributed by atoms with Crippen LogP contribution in [0.15, 0.2) is 60.7 Å². The molecule has 0 unspecified atom stereocenters. The van der Waals surface area contributed by atoms with Crippen LogP contribution in [0.1, 0.15) is 0 Å². The van der Waals surface area contributed by atoms with Crippen LogP contribution in [0, 0.1) is 10.7 Å². The zero-order chi connectivity index (χ0) is 15.4. The van der Waals surface area contributed by atoms with Crippen molar-refractivity contribution in [3.05, 3.63) is 76.6 Å². The van der Waals surface area contributed by atoms with Gasteiger partial charge in [-0.3, -0.25) is 0 Å². The highest BCUT2D eigenvalue weighted by Gasteiger charge is 2.19. The summed E-state index contributed by atoms with van der Waals surface area (Å²) in [6.45, 7) is 0. The Kier molecular flexibility index (Phi) is 2.36. The summed E-state index contributed by atoms with van der Waals surface area (Å²) in [5, 5.41) is 15.5. The van der Waals surface area contributed by atoms with Crippen molar-refractivity contribution in [1.29, 1.82) is 0 Å². The van der Waals surface area contributed by atoms with Crippen molar-refractivity contribution in [3.63, 3.8) is 0 Å². The van der Waals surface area contributed by atoms with Gasteiger partial charge in [0.2, 0.25) is 0 Å². The van der Waals surface area contributed by atoms with Gasteiger partial charge >= 0.3 is 0 Å². The molecule has 3 aromatic rings. The van der Waals surface area contributed by atoms with Gasteiger partial charge in [-0.15, -0.1) is 0 Å². The van der Waals surface area contributed by atoms with Crippen molar-refractivity contribution in [1.82, 2.24) is 9.97 Å². The highest BCUT2D eigenvalue weighted by molar-refractivity contribution is 6.21. The molecule has 3 aromatic carbocycles. The average molecular weight is 296 g/mol. The number of aliphatic hydroxyl groups excluding tert-OH is 1. The first-order valence-electron chi connectivity index (χ1n) is 7.50. The van der Waals surface area contributed by atoms with E-state index in [1.54, 1.807) is 0 Å². The van der Waals surface area contributed by atoms with Gasteiger partial charge in [-0.2, -0.15) is 0 Å². The van der Waals surface area contributed by atoms with E-state index < -0.39 is 0 Å². The quantitative estimate of drug-likeness (QED) is 0.474. The van der Waals surface area contributed by atoms with E-state index in [1.165, 1.54) is 10.8 Å². The molecule has 0 aromatic heterocycles. The third-order valence-corrected chi connectivity index (χ3v) is 4.39. The van der Waals surface area contributed by atoms with E-state index in [2.05, 4.69) is 36.4 Å². The number of aromatic nitrogens is 2. The van der Waals surface area contributed by atoms with E-state index in [0.717, 1.165) is 44.3 Å². The van der Waals surface area contributed by atoms with Gasteiger partial charge in [0.05, 0.1) is 17.6 Å². The first-order valence-corrected chi connectivity index (χ1v) is 7.50. The molecule has 0 amide bonds. The van der Waals surface area contributed by atoms with Gasteiger partial charge in [-0.1, -0.05) is 60.7 Å². The fourth-order valence-corrected chi connectivity index (χ4v) is 3.30. The third-order valence-electron chi connectivity index (χ3n) is 4.39. The molecule has 0 atom stereocenters. The number of hydrogen-bond acceptors (Lipinski definition) is 3. The molecule has 108 valence electrons. The lowest BCUT2D eigenvalue weighted by Gasteiger charge is -1.96. The summed E-state index contributed by atoms with van der Waals surface area (Å²) >= 11 is 0. The summed E-state index contributed by atoms with van der Waals surface area (Å²) in [6, 6.07) is 20.2. The van der Waals surface area contributed by atoms with E-state index in [-0.39, 0.29) is 0 Å². The molecule has 2 aliphatic rings. The van der Waals surface area contributed by atoms with Gasteiger partial charge in [0.1, 0.15) is 0 Å². The van der Waals surface area contributed by atoms with Crippen LogP contribution in [0.3, 0.4) is 0 Å². The number of nitrogens with zero attached hydrogens (tertiary/aromatic N) is 2. The third kappa shape index (κ3) is 1.64. The second-order valence-electron chi connectivity index (χ2n) is 5.70. The molecule has 5 rings (SSSR count). The molecule has 0 radical (unpaired) electrons. The van der Waals surface area contributed by atoms with Crippen molar-refractivity contribution in [2.24, 2.45) is 0 Å². The first-order chi connectivity index (χ1) is 11.3. The molecule has 23 heavy (non-hydrogen) atoms. The zero-order valence-electron chi connectivity index (χ0n) is 12.2. The predicted octanol–water partition coefficient (Wildman–Crippen LogP) is 3.63. The molecule has 0 spiro atoms. The molecule has 0 saturated carbocycles. The van der Waals surface area contributed by atoms with Crippen LogP contribution in [0.2, 0.25) is 0 Å². The van der Waals surface area contributed by atoms with Gasteiger partial charge in [-0.05, 0) is 5.39 Å².